The van der Waals surface area contributed by atoms with Crippen LogP contribution >= 0.6 is 0 Å². The summed E-state index contributed by atoms with van der Waals surface area (Å²) in [6, 6.07) is 0. The van der Waals surface area contributed by atoms with Gasteiger partial charge in [0.15, 0.2) is 0 Å². The van der Waals surface area contributed by atoms with Gasteiger partial charge in [-0.3, -0.25) is 4.99 Å². The monoisotopic (exact) mass is 112 g/mol. The minimum atomic E-state index is 1.03. The van der Waals surface area contributed by atoms with E-state index in [4.69, 9.17) is 0 Å². The van der Waals surface area contributed by atoms with Gasteiger partial charge in [0.1, 0.15) is 0 Å². The first-order valence-electron chi connectivity index (χ1n) is 2.58. The Kier molecular flexibility index (Phi) is 3.94. The molecule has 0 atom stereocenters. The summed E-state index contributed by atoms with van der Waals surface area (Å²) < 4.78 is 0. The molecule has 8 heavy (non-hydrogen) atoms. The lowest BCUT2D eigenvalue weighted by Gasteiger charge is -1.85. The third-order valence-corrected chi connectivity index (χ3v) is 0.844. The van der Waals surface area contributed by atoms with Gasteiger partial charge in [0.25, 0.3) is 0 Å². The summed E-state index contributed by atoms with van der Waals surface area (Å²) in [5.74, 6) is 0. The SMILES string of the molecule is C/N=C(C)/C=C\NC. The van der Waals surface area contributed by atoms with Crippen molar-refractivity contribution in [1.82, 2.24) is 5.32 Å². The van der Waals surface area contributed by atoms with Crippen molar-refractivity contribution < 1.29 is 0 Å². The molecule has 0 aliphatic rings. The first-order chi connectivity index (χ1) is 3.81. The molecular weight excluding hydrogens is 100 g/mol. The minimum Gasteiger partial charge on any atom is -0.394 e. The molecule has 2 heteroatoms. The highest BCUT2D eigenvalue weighted by Gasteiger charge is 1.73. The molecule has 0 unspecified atom stereocenters. The van der Waals surface area contributed by atoms with Crippen LogP contribution < -0.4 is 5.32 Å². The molecule has 0 amide bonds. The second-order valence-electron chi connectivity index (χ2n) is 1.49. The fourth-order valence-corrected chi connectivity index (χ4v) is 0.278. The Balaban J connectivity index is 3.53. The molecule has 0 aliphatic heterocycles. The number of allylic oxidation sites excluding steroid dienone is 1. The topological polar surface area (TPSA) is 24.4 Å². The summed E-state index contributed by atoms with van der Waals surface area (Å²) in [7, 11) is 3.63. The Bertz CT molecular complexity index is 103. The largest absolute Gasteiger partial charge is 0.394 e. The van der Waals surface area contributed by atoms with Crippen LogP contribution in [0.25, 0.3) is 0 Å². The maximum absolute atomic E-state index is 3.92. The Hall–Kier alpha value is -0.790. The maximum Gasteiger partial charge on any atom is 0.0328 e. The van der Waals surface area contributed by atoms with E-state index in [0.717, 1.165) is 5.71 Å². The summed E-state index contributed by atoms with van der Waals surface area (Å²) in [6.45, 7) is 1.95. The smallest absolute Gasteiger partial charge is 0.0328 e. The van der Waals surface area contributed by atoms with E-state index in [1.807, 2.05) is 26.2 Å². The summed E-state index contributed by atoms with van der Waals surface area (Å²) in [6.07, 6.45) is 3.77. The minimum absolute atomic E-state index is 1.03. The van der Waals surface area contributed by atoms with E-state index >= 15 is 0 Å². The molecule has 0 aliphatic carbocycles. The van der Waals surface area contributed by atoms with E-state index in [2.05, 4.69) is 10.3 Å². The third-order valence-electron chi connectivity index (χ3n) is 0.844. The average molecular weight is 112 g/mol. The summed E-state index contributed by atoms with van der Waals surface area (Å²) in [5, 5.41) is 2.87. The zero-order valence-corrected chi connectivity index (χ0v) is 5.60. The predicted molar refractivity (Wildman–Crippen MR) is 37.2 cm³/mol. The lowest BCUT2D eigenvalue weighted by atomic mass is 10.4. The van der Waals surface area contributed by atoms with Crippen molar-refractivity contribution in [3.63, 3.8) is 0 Å². The number of hydrogen-bond donors (Lipinski definition) is 1. The van der Waals surface area contributed by atoms with Crippen LogP contribution in [0.3, 0.4) is 0 Å². The van der Waals surface area contributed by atoms with Crippen molar-refractivity contribution in [2.45, 2.75) is 6.92 Å². The van der Waals surface area contributed by atoms with E-state index in [1.54, 1.807) is 7.05 Å². The van der Waals surface area contributed by atoms with E-state index in [0.29, 0.717) is 0 Å². The number of aliphatic imine (C=N–C) groups is 1. The third kappa shape index (κ3) is 3.40. The zero-order valence-electron chi connectivity index (χ0n) is 5.60. The molecule has 0 saturated heterocycles. The van der Waals surface area contributed by atoms with Crippen LogP contribution in [0.2, 0.25) is 0 Å². The standard InChI is InChI=1S/C6H12N2/c1-6(8-3)4-5-7-2/h4-5,7H,1-3H3/b5-4-,8-6+. The van der Waals surface area contributed by atoms with Crippen molar-refractivity contribution in [2.75, 3.05) is 14.1 Å². The fraction of sp³-hybridized carbons (Fsp3) is 0.500. The maximum atomic E-state index is 3.92. The molecule has 2 nitrogen and oxygen atoms in total. The van der Waals surface area contributed by atoms with E-state index in [1.165, 1.54) is 0 Å². The first-order valence-corrected chi connectivity index (χ1v) is 2.58. The van der Waals surface area contributed by atoms with Crippen molar-refractivity contribution >= 4 is 5.71 Å². The first kappa shape index (κ1) is 7.21. The van der Waals surface area contributed by atoms with E-state index in [-0.39, 0.29) is 0 Å². The lowest BCUT2D eigenvalue weighted by Crippen LogP contribution is -1.93. The second kappa shape index (κ2) is 4.37. The Morgan fingerprint density at radius 3 is 2.62 bits per heavy atom. The molecule has 0 aromatic carbocycles. The van der Waals surface area contributed by atoms with Crippen LogP contribution in [-0.4, -0.2) is 19.8 Å². The Morgan fingerprint density at radius 1 is 1.62 bits per heavy atom. The quantitative estimate of drug-likeness (QED) is 0.525. The predicted octanol–water partition coefficient (Wildman–Crippen LogP) is 0.810. The molecule has 46 valence electrons. The highest BCUT2D eigenvalue weighted by molar-refractivity contribution is 5.92. The molecule has 0 spiro atoms. The van der Waals surface area contributed by atoms with Gasteiger partial charge in [-0.2, -0.15) is 0 Å². The summed E-state index contributed by atoms with van der Waals surface area (Å²) in [5.41, 5.74) is 1.03. The number of nitrogens with one attached hydrogen (secondary N) is 1. The van der Waals surface area contributed by atoms with Gasteiger partial charge in [-0.25, -0.2) is 0 Å². The molecule has 0 aromatic heterocycles. The van der Waals surface area contributed by atoms with Crippen LogP contribution in [0.4, 0.5) is 0 Å². The highest BCUT2D eigenvalue weighted by atomic mass is 14.8. The van der Waals surface area contributed by atoms with Gasteiger partial charge in [0.05, 0.1) is 0 Å². The second-order valence-corrected chi connectivity index (χ2v) is 1.49. The van der Waals surface area contributed by atoms with Gasteiger partial charge in [-0.1, -0.05) is 0 Å². The molecule has 1 N–H and O–H groups in total. The van der Waals surface area contributed by atoms with Gasteiger partial charge < -0.3 is 5.32 Å². The van der Waals surface area contributed by atoms with Crippen molar-refractivity contribution in [3.05, 3.63) is 12.3 Å². The number of nitrogens with zero attached hydrogens (tertiary/aromatic N) is 1. The number of hydrogen-bond acceptors (Lipinski definition) is 2. The lowest BCUT2D eigenvalue weighted by molar-refractivity contribution is 1.10. The number of rotatable bonds is 2. The molecule has 0 aromatic rings. The molecule has 0 saturated carbocycles. The van der Waals surface area contributed by atoms with Crippen LogP contribution in [-0.2, 0) is 0 Å². The zero-order chi connectivity index (χ0) is 6.41. The molecular formula is C6H12N2. The van der Waals surface area contributed by atoms with Crippen molar-refractivity contribution in [1.29, 1.82) is 0 Å². The Labute approximate surface area is 50.3 Å². The average Bonchev–Trinajstić information content (AvgIpc) is 1.83. The van der Waals surface area contributed by atoms with E-state index < -0.39 is 0 Å². The van der Waals surface area contributed by atoms with Crippen LogP contribution in [0.15, 0.2) is 17.3 Å². The van der Waals surface area contributed by atoms with Gasteiger partial charge in [-0.05, 0) is 19.2 Å². The van der Waals surface area contributed by atoms with Crippen LogP contribution in [0.5, 0.6) is 0 Å². The van der Waals surface area contributed by atoms with Gasteiger partial charge in [0, 0.05) is 19.8 Å². The molecule has 0 bridgehead atoms. The fourth-order valence-electron chi connectivity index (χ4n) is 0.278. The van der Waals surface area contributed by atoms with Crippen molar-refractivity contribution in [2.24, 2.45) is 4.99 Å². The Morgan fingerprint density at radius 2 is 2.25 bits per heavy atom. The normalized spacial score (nSPS) is 12.6. The summed E-state index contributed by atoms with van der Waals surface area (Å²) in [4.78, 5) is 3.92. The highest BCUT2D eigenvalue weighted by Crippen LogP contribution is 1.74. The van der Waals surface area contributed by atoms with Gasteiger partial charge in [0.2, 0.25) is 0 Å². The molecule has 0 heterocycles. The van der Waals surface area contributed by atoms with E-state index in [9.17, 15) is 0 Å². The van der Waals surface area contributed by atoms with Crippen LogP contribution in [0.1, 0.15) is 6.92 Å². The van der Waals surface area contributed by atoms with Gasteiger partial charge in [-0.15, -0.1) is 0 Å². The summed E-state index contributed by atoms with van der Waals surface area (Å²) >= 11 is 0. The molecule has 0 rings (SSSR count). The van der Waals surface area contributed by atoms with Crippen molar-refractivity contribution in [3.8, 4) is 0 Å². The molecule has 0 radical (unpaired) electrons. The van der Waals surface area contributed by atoms with Crippen LogP contribution in [0, 0.1) is 0 Å². The molecule has 0 fully saturated rings. The van der Waals surface area contributed by atoms with Gasteiger partial charge >= 0.3 is 0 Å².